The molecule has 1 aromatic rings. The normalized spacial score (nSPS) is 19.6. The number of aryl methyl sites for hydroxylation is 1. The molecule has 0 spiro atoms. The molecule has 0 aliphatic carbocycles. The number of hydrogen-bond acceptors (Lipinski definition) is 4. The maximum absolute atomic E-state index is 5.49. The van der Waals surface area contributed by atoms with E-state index >= 15 is 0 Å². The molecule has 1 aliphatic heterocycles. The smallest absolute Gasteiger partial charge is 0.131 e. The molecule has 2 rings (SSSR count). The van der Waals surface area contributed by atoms with Gasteiger partial charge >= 0.3 is 0 Å². The van der Waals surface area contributed by atoms with Crippen LogP contribution in [0.3, 0.4) is 0 Å². The maximum Gasteiger partial charge on any atom is 0.131 e. The van der Waals surface area contributed by atoms with Crippen LogP contribution >= 0.6 is 0 Å². The highest BCUT2D eigenvalue weighted by Gasteiger charge is 2.21. The SMILES string of the molecule is Cc1cc(CNCC(C)C)cnc1N1CCOCC1C. The van der Waals surface area contributed by atoms with Gasteiger partial charge < -0.3 is 15.0 Å². The lowest BCUT2D eigenvalue weighted by Crippen LogP contribution is -2.44. The van der Waals surface area contributed by atoms with Crippen molar-refractivity contribution in [2.75, 3.05) is 31.2 Å². The van der Waals surface area contributed by atoms with E-state index in [1.807, 2.05) is 6.20 Å². The summed E-state index contributed by atoms with van der Waals surface area (Å²) in [4.78, 5) is 7.03. The Morgan fingerprint density at radius 1 is 1.50 bits per heavy atom. The molecule has 4 nitrogen and oxygen atoms in total. The van der Waals surface area contributed by atoms with Crippen molar-refractivity contribution < 1.29 is 4.74 Å². The minimum atomic E-state index is 0.403. The number of aromatic nitrogens is 1. The van der Waals surface area contributed by atoms with Gasteiger partial charge in [-0.25, -0.2) is 4.98 Å². The molecule has 0 saturated carbocycles. The van der Waals surface area contributed by atoms with Gasteiger partial charge in [-0.2, -0.15) is 0 Å². The molecule has 1 N–H and O–H groups in total. The first-order chi connectivity index (χ1) is 9.58. The fourth-order valence-electron chi connectivity index (χ4n) is 2.57. The number of hydrogen-bond donors (Lipinski definition) is 1. The van der Waals surface area contributed by atoms with Crippen molar-refractivity contribution in [3.8, 4) is 0 Å². The van der Waals surface area contributed by atoms with Crippen LogP contribution in [-0.2, 0) is 11.3 Å². The Kier molecular flexibility index (Phi) is 5.38. The number of morpholine rings is 1. The quantitative estimate of drug-likeness (QED) is 0.896. The molecule has 4 heteroatoms. The number of nitrogens with one attached hydrogen (secondary N) is 1. The molecule has 1 saturated heterocycles. The van der Waals surface area contributed by atoms with E-state index in [9.17, 15) is 0 Å². The molecule has 0 bridgehead atoms. The van der Waals surface area contributed by atoms with Gasteiger partial charge in [0.2, 0.25) is 0 Å². The Morgan fingerprint density at radius 2 is 2.30 bits per heavy atom. The largest absolute Gasteiger partial charge is 0.377 e. The van der Waals surface area contributed by atoms with Crippen molar-refractivity contribution >= 4 is 5.82 Å². The molecular weight excluding hydrogens is 250 g/mol. The van der Waals surface area contributed by atoms with Crippen molar-refractivity contribution in [1.29, 1.82) is 0 Å². The molecule has 112 valence electrons. The molecule has 2 heterocycles. The first-order valence-corrected chi connectivity index (χ1v) is 7.58. The van der Waals surface area contributed by atoms with Gasteiger partial charge in [0.05, 0.1) is 19.3 Å². The molecule has 1 unspecified atom stereocenters. The standard InChI is InChI=1S/C16H27N3O/c1-12(2)8-17-9-15-7-13(3)16(18-10-15)19-5-6-20-11-14(19)4/h7,10,12,14,17H,5-6,8-9,11H2,1-4H3. The molecule has 0 amide bonds. The summed E-state index contributed by atoms with van der Waals surface area (Å²) in [5, 5.41) is 3.46. The van der Waals surface area contributed by atoms with Crippen LogP contribution < -0.4 is 10.2 Å². The third-order valence-electron chi connectivity index (χ3n) is 3.63. The predicted molar refractivity (Wildman–Crippen MR) is 83.1 cm³/mol. The molecular formula is C16H27N3O. The monoisotopic (exact) mass is 277 g/mol. The summed E-state index contributed by atoms with van der Waals surface area (Å²) in [6, 6.07) is 2.65. The molecule has 1 aromatic heterocycles. The molecule has 1 aliphatic rings. The van der Waals surface area contributed by atoms with Gasteiger partial charge in [-0.3, -0.25) is 0 Å². The average molecular weight is 277 g/mol. The zero-order valence-electron chi connectivity index (χ0n) is 13.1. The van der Waals surface area contributed by atoms with Crippen molar-refractivity contribution in [2.24, 2.45) is 5.92 Å². The number of ether oxygens (including phenoxy) is 1. The van der Waals surface area contributed by atoms with Crippen LogP contribution in [0.5, 0.6) is 0 Å². The van der Waals surface area contributed by atoms with Crippen molar-refractivity contribution in [2.45, 2.75) is 40.3 Å². The first kappa shape index (κ1) is 15.3. The number of nitrogens with zero attached hydrogens (tertiary/aromatic N) is 2. The average Bonchev–Trinajstić information content (AvgIpc) is 2.40. The van der Waals surface area contributed by atoms with Gasteiger partial charge in [-0.05, 0) is 43.5 Å². The van der Waals surface area contributed by atoms with E-state index in [1.165, 1.54) is 11.1 Å². The van der Waals surface area contributed by atoms with E-state index in [1.54, 1.807) is 0 Å². The van der Waals surface area contributed by atoms with Crippen molar-refractivity contribution in [3.05, 3.63) is 23.4 Å². The van der Waals surface area contributed by atoms with Crippen LogP contribution in [0.25, 0.3) is 0 Å². The lowest BCUT2D eigenvalue weighted by atomic mass is 10.1. The Labute approximate surface area is 122 Å². The molecule has 1 atom stereocenters. The second-order valence-corrected chi connectivity index (χ2v) is 6.13. The second-order valence-electron chi connectivity index (χ2n) is 6.13. The maximum atomic E-state index is 5.49. The fourth-order valence-corrected chi connectivity index (χ4v) is 2.57. The van der Waals surface area contributed by atoms with E-state index in [2.05, 4.69) is 49.0 Å². The lowest BCUT2D eigenvalue weighted by Gasteiger charge is -2.35. The zero-order valence-corrected chi connectivity index (χ0v) is 13.1. The summed E-state index contributed by atoms with van der Waals surface area (Å²) < 4.78 is 5.49. The van der Waals surface area contributed by atoms with Gasteiger partial charge in [0.25, 0.3) is 0 Å². The number of rotatable bonds is 5. The summed E-state index contributed by atoms with van der Waals surface area (Å²) in [5.41, 5.74) is 2.51. The van der Waals surface area contributed by atoms with Crippen LogP contribution in [-0.4, -0.2) is 37.3 Å². The molecule has 0 radical (unpaired) electrons. The van der Waals surface area contributed by atoms with Crippen LogP contribution in [0.4, 0.5) is 5.82 Å². The van der Waals surface area contributed by atoms with E-state index in [4.69, 9.17) is 4.74 Å². The van der Waals surface area contributed by atoms with E-state index in [0.717, 1.165) is 38.7 Å². The highest BCUT2D eigenvalue weighted by atomic mass is 16.5. The van der Waals surface area contributed by atoms with Crippen LogP contribution in [0.2, 0.25) is 0 Å². The minimum absolute atomic E-state index is 0.403. The van der Waals surface area contributed by atoms with Gasteiger partial charge in [0.1, 0.15) is 5.82 Å². The highest BCUT2D eigenvalue weighted by Crippen LogP contribution is 2.22. The highest BCUT2D eigenvalue weighted by molar-refractivity contribution is 5.48. The van der Waals surface area contributed by atoms with E-state index < -0.39 is 0 Å². The summed E-state index contributed by atoms with van der Waals surface area (Å²) in [5.74, 6) is 1.78. The van der Waals surface area contributed by atoms with E-state index in [0.29, 0.717) is 12.0 Å². The van der Waals surface area contributed by atoms with Crippen LogP contribution in [0.15, 0.2) is 12.3 Å². The first-order valence-electron chi connectivity index (χ1n) is 7.58. The number of anilines is 1. The Bertz CT molecular complexity index is 434. The third-order valence-corrected chi connectivity index (χ3v) is 3.63. The van der Waals surface area contributed by atoms with Gasteiger partial charge in [-0.1, -0.05) is 13.8 Å². The molecule has 1 fully saturated rings. The summed E-state index contributed by atoms with van der Waals surface area (Å²) in [6.07, 6.45) is 2.00. The van der Waals surface area contributed by atoms with Gasteiger partial charge in [-0.15, -0.1) is 0 Å². The summed E-state index contributed by atoms with van der Waals surface area (Å²) in [7, 11) is 0. The third kappa shape index (κ3) is 3.93. The second kappa shape index (κ2) is 7.04. The van der Waals surface area contributed by atoms with Crippen LogP contribution in [0.1, 0.15) is 31.9 Å². The minimum Gasteiger partial charge on any atom is -0.377 e. The molecule has 20 heavy (non-hydrogen) atoms. The van der Waals surface area contributed by atoms with Crippen molar-refractivity contribution in [1.82, 2.24) is 10.3 Å². The predicted octanol–water partition coefficient (Wildman–Crippen LogP) is 2.36. The zero-order chi connectivity index (χ0) is 14.5. The van der Waals surface area contributed by atoms with Gasteiger partial charge in [0, 0.05) is 19.3 Å². The Morgan fingerprint density at radius 3 is 2.95 bits per heavy atom. The number of pyridine rings is 1. The van der Waals surface area contributed by atoms with E-state index in [-0.39, 0.29) is 0 Å². The summed E-state index contributed by atoms with van der Waals surface area (Å²) in [6.45, 7) is 13.2. The Balaban J connectivity index is 2.01. The Hall–Kier alpha value is -1.13. The topological polar surface area (TPSA) is 37.4 Å². The van der Waals surface area contributed by atoms with Crippen molar-refractivity contribution in [3.63, 3.8) is 0 Å². The fraction of sp³-hybridized carbons (Fsp3) is 0.688. The van der Waals surface area contributed by atoms with Crippen LogP contribution in [0, 0.1) is 12.8 Å². The molecule has 0 aromatic carbocycles. The lowest BCUT2D eigenvalue weighted by molar-refractivity contribution is 0.0985. The van der Waals surface area contributed by atoms with Gasteiger partial charge in [0.15, 0.2) is 0 Å². The summed E-state index contributed by atoms with van der Waals surface area (Å²) >= 11 is 0.